The highest BCUT2D eigenvalue weighted by molar-refractivity contribution is 5.43. The molecule has 0 aliphatic carbocycles. The Morgan fingerprint density at radius 1 is 1.33 bits per heavy atom. The van der Waals surface area contributed by atoms with Crippen molar-refractivity contribution in [3.05, 3.63) is 24.0 Å². The number of hydrogen-bond donors (Lipinski definition) is 1. The number of rotatable bonds is 8. The van der Waals surface area contributed by atoms with Gasteiger partial charge in [-0.2, -0.15) is 0 Å². The van der Waals surface area contributed by atoms with Crippen molar-refractivity contribution < 1.29 is 0 Å². The summed E-state index contributed by atoms with van der Waals surface area (Å²) in [7, 11) is 0. The minimum atomic E-state index is 0.724. The van der Waals surface area contributed by atoms with E-state index in [1.165, 1.54) is 30.9 Å². The Balaban J connectivity index is 1.88. The van der Waals surface area contributed by atoms with E-state index in [0.29, 0.717) is 0 Å². The molecular weight excluding hydrogens is 260 g/mol. The molecule has 0 aromatic carbocycles. The molecule has 1 aliphatic heterocycles. The number of anilines is 1. The van der Waals surface area contributed by atoms with Crippen molar-refractivity contribution in [2.24, 2.45) is 0 Å². The van der Waals surface area contributed by atoms with Gasteiger partial charge in [-0.15, -0.1) is 0 Å². The molecule has 0 amide bonds. The van der Waals surface area contributed by atoms with Crippen molar-refractivity contribution in [2.75, 3.05) is 38.0 Å². The predicted molar refractivity (Wildman–Crippen MR) is 89.6 cm³/mol. The second-order valence-electron chi connectivity index (χ2n) is 5.86. The molecule has 118 valence electrons. The molecule has 2 rings (SSSR count). The molecule has 1 N–H and O–H groups in total. The second-order valence-corrected chi connectivity index (χ2v) is 5.86. The van der Waals surface area contributed by atoms with Crippen LogP contribution in [0.2, 0.25) is 0 Å². The number of nitrogens with one attached hydrogen (secondary N) is 1. The van der Waals surface area contributed by atoms with Crippen LogP contribution in [-0.4, -0.2) is 53.5 Å². The van der Waals surface area contributed by atoms with Gasteiger partial charge in [-0.1, -0.05) is 20.8 Å². The SMILES string of the molecule is CCCNc1ccnc(CN2CCC(N(CC)CC)C2)c1. The third-order valence-electron chi connectivity index (χ3n) is 4.36. The van der Waals surface area contributed by atoms with E-state index in [0.717, 1.165) is 38.6 Å². The predicted octanol–water partition coefficient (Wildman–Crippen LogP) is 2.82. The molecule has 4 heteroatoms. The standard InChI is InChI=1S/C17H30N4/c1-4-9-18-15-7-10-19-16(12-15)13-20-11-8-17(14-20)21(5-2)6-3/h7,10,12,17H,4-6,8-9,11,13-14H2,1-3H3,(H,18,19). The van der Waals surface area contributed by atoms with Gasteiger partial charge in [0.05, 0.1) is 5.69 Å². The Hall–Kier alpha value is -1.13. The Bertz CT molecular complexity index is 417. The third-order valence-corrected chi connectivity index (χ3v) is 4.36. The molecule has 2 heterocycles. The topological polar surface area (TPSA) is 31.4 Å². The Labute approximate surface area is 129 Å². The van der Waals surface area contributed by atoms with E-state index < -0.39 is 0 Å². The molecule has 0 saturated carbocycles. The molecule has 0 bridgehead atoms. The summed E-state index contributed by atoms with van der Waals surface area (Å²) in [4.78, 5) is 9.64. The van der Waals surface area contributed by atoms with Crippen molar-refractivity contribution in [2.45, 2.75) is 46.2 Å². The van der Waals surface area contributed by atoms with E-state index in [9.17, 15) is 0 Å². The van der Waals surface area contributed by atoms with Crippen LogP contribution >= 0.6 is 0 Å². The largest absolute Gasteiger partial charge is 0.385 e. The summed E-state index contributed by atoms with van der Waals surface area (Å²) in [5.74, 6) is 0. The number of hydrogen-bond acceptors (Lipinski definition) is 4. The maximum atomic E-state index is 4.53. The average molecular weight is 290 g/mol. The lowest BCUT2D eigenvalue weighted by Gasteiger charge is -2.26. The van der Waals surface area contributed by atoms with Crippen LogP contribution in [0.4, 0.5) is 5.69 Å². The van der Waals surface area contributed by atoms with Crippen molar-refractivity contribution in [3.8, 4) is 0 Å². The summed E-state index contributed by atoms with van der Waals surface area (Å²) >= 11 is 0. The van der Waals surface area contributed by atoms with Gasteiger partial charge in [0.1, 0.15) is 0 Å². The molecule has 0 spiro atoms. The first-order valence-corrected chi connectivity index (χ1v) is 8.42. The van der Waals surface area contributed by atoms with Gasteiger partial charge in [0.15, 0.2) is 0 Å². The van der Waals surface area contributed by atoms with Crippen LogP contribution in [0.15, 0.2) is 18.3 Å². The van der Waals surface area contributed by atoms with Crippen LogP contribution in [0, 0.1) is 0 Å². The molecular formula is C17H30N4. The maximum Gasteiger partial charge on any atom is 0.0564 e. The van der Waals surface area contributed by atoms with Crippen molar-refractivity contribution in [1.29, 1.82) is 0 Å². The summed E-state index contributed by atoms with van der Waals surface area (Å²) in [6.45, 7) is 13.4. The zero-order valence-corrected chi connectivity index (χ0v) is 13.8. The van der Waals surface area contributed by atoms with Gasteiger partial charge >= 0.3 is 0 Å². The molecule has 1 saturated heterocycles. The Morgan fingerprint density at radius 2 is 2.14 bits per heavy atom. The van der Waals surface area contributed by atoms with Crippen LogP contribution in [0.25, 0.3) is 0 Å². The zero-order chi connectivity index (χ0) is 15.1. The molecule has 1 aliphatic rings. The van der Waals surface area contributed by atoms with Gasteiger partial charge in [0, 0.05) is 44.1 Å². The van der Waals surface area contributed by atoms with Gasteiger partial charge in [0.25, 0.3) is 0 Å². The minimum absolute atomic E-state index is 0.724. The van der Waals surface area contributed by atoms with Crippen LogP contribution in [0.5, 0.6) is 0 Å². The summed E-state index contributed by atoms with van der Waals surface area (Å²) in [6.07, 6.45) is 4.36. The summed E-state index contributed by atoms with van der Waals surface area (Å²) in [5.41, 5.74) is 2.37. The van der Waals surface area contributed by atoms with Crippen LogP contribution < -0.4 is 5.32 Å². The second kappa shape index (κ2) is 8.35. The fourth-order valence-electron chi connectivity index (χ4n) is 3.17. The van der Waals surface area contributed by atoms with E-state index >= 15 is 0 Å². The van der Waals surface area contributed by atoms with Crippen molar-refractivity contribution >= 4 is 5.69 Å². The fraction of sp³-hybridized carbons (Fsp3) is 0.706. The molecule has 1 fully saturated rings. The molecule has 4 nitrogen and oxygen atoms in total. The first kappa shape index (κ1) is 16.2. The molecule has 1 aromatic heterocycles. The average Bonchev–Trinajstić information content (AvgIpc) is 2.95. The van der Waals surface area contributed by atoms with Gasteiger partial charge < -0.3 is 5.32 Å². The van der Waals surface area contributed by atoms with Gasteiger partial charge in [-0.3, -0.25) is 14.8 Å². The highest BCUT2D eigenvalue weighted by Gasteiger charge is 2.26. The molecule has 1 atom stereocenters. The minimum Gasteiger partial charge on any atom is -0.385 e. The molecule has 21 heavy (non-hydrogen) atoms. The van der Waals surface area contributed by atoms with Crippen molar-refractivity contribution in [3.63, 3.8) is 0 Å². The number of nitrogens with zero attached hydrogens (tertiary/aromatic N) is 3. The normalized spacial score (nSPS) is 19.3. The zero-order valence-electron chi connectivity index (χ0n) is 13.8. The Kier molecular flexibility index (Phi) is 6.46. The van der Waals surface area contributed by atoms with E-state index in [-0.39, 0.29) is 0 Å². The number of likely N-dealkylation sites (tertiary alicyclic amines) is 1. The monoisotopic (exact) mass is 290 g/mol. The van der Waals surface area contributed by atoms with Gasteiger partial charge in [-0.25, -0.2) is 0 Å². The highest BCUT2D eigenvalue weighted by atomic mass is 15.2. The van der Waals surface area contributed by atoms with E-state index in [1.54, 1.807) is 0 Å². The first-order chi connectivity index (χ1) is 10.3. The van der Waals surface area contributed by atoms with E-state index in [4.69, 9.17) is 0 Å². The third kappa shape index (κ3) is 4.68. The lowest BCUT2D eigenvalue weighted by atomic mass is 10.2. The summed E-state index contributed by atoms with van der Waals surface area (Å²) in [5, 5.41) is 3.44. The summed E-state index contributed by atoms with van der Waals surface area (Å²) < 4.78 is 0. The fourth-order valence-corrected chi connectivity index (χ4v) is 3.17. The quantitative estimate of drug-likeness (QED) is 0.798. The molecule has 1 unspecified atom stereocenters. The van der Waals surface area contributed by atoms with Gasteiger partial charge in [-0.05, 0) is 38.1 Å². The van der Waals surface area contributed by atoms with Crippen molar-refractivity contribution in [1.82, 2.24) is 14.8 Å². The molecule has 1 aromatic rings. The van der Waals surface area contributed by atoms with Crippen LogP contribution in [0.3, 0.4) is 0 Å². The molecule has 0 radical (unpaired) electrons. The van der Waals surface area contributed by atoms with E-state index in [2.05, 4.69) is 53.0 Å². The maximum absolute atomic E-state index is 4.53. The number of pyridine rings is 1. The highest BCUT2D eigenvalue weighted by Crippen LogP contribution is 2.18. The van der Waals surface area contributed by atoms with E-state index in [1.807, 2.05) is 6.20 Å². The lowest BCUT2D eigenvalue weighted by molar-refractivity contribution is 0.208. The first-order valence-electron chi connectivity index (χ1n) is 8.42. The van der Waals surface area contributed by atoms with Crippen LogP contribution in [0.1, 0.15) is 39.3 Å². The number of aromatic nitrogens is 1. The van der Waals surface area contributed by atoms with Crippen LogP contribution in [-0.2, 0) is 6.54 Å². The number of likely N-dealkylation sites (N-methyl/N-ethyl adjacent to an activating group) is 1. The Morgan fingerprint density at radius 3 is 2.86 bits per heavy atom. The van der Waals surface area contributed by atoms with Gasteiger partial charge in [0.2, 0.25) is 0 Å². The smallest absolute Gasteiger partial charge is 0.0564 e. The summed E-state index contributed by atoms with van der Waals surface area (Å²) in [6, 6.07) is 4.98. The lowest BCUT2D eigenvalue weighted by Crippen LogP contribution is -2.37.